The van der Waals surface area contributed by atoms with Gasteiger partial charge in [-0.05, 0) is 30.4 Å². The summed E-state index contributed by atoms with van der Waals surface area (Å²) in [5.74, 6) is 2.25. The Hall–Kier alpha value is -1.24. The van der Waals surface area contributed by atoms with Crippen LogP contribution in [0.15, 0.2) is 35.3 Å². The molecule has 2 unspecified atom stereocenters. The van der Waals surface area contributed by atoms with Crippen molar-refractivity contribution in [3.8, 4) is 0 Å². The van der Waals surface area contributed by atoms with Crippen molar-refractivity contribution in [1.82, 2.24) is 15.1 Å². The maximum Gasteiger partial charge on any atom is 0.193 e. The topological polar surface area (TPSA) is 40.1 Å². The van der Waals surface area contributed by atoms with Crippen molar-refractivity contribution in [2.75, 3.05) is 51.8 Å². The zero-order chi connectivity index (χ0) is 18.2. The highest BCUT2D eigenvalue weighted by molar-refractivity contribution is 7.98. The Morgan fingerprint density at radius 1 is 1.27 bits per heavy atom. The number of guanidine groups is 1. The van der Waals surface area contributed by atoms with Gasteiger partial charge in [-0.2, -0.15) is 11.8 Å². The second kappa shape index (κ2) is 10.2. The molecule has 6 heteroatoms. The van der Waals surface area contributed by atoms with Crippen LogP contribution in [0.4, 0.5) is 0 Å². The number of thioether (sulfide) groups is 1. The molecule has 2 heterocycles. The average Bonchev–Trinajstić information content (AvgIpc) is 3.11. The summed E-state index contributed by atoms with van der Waals surface area (Å²) in [6.45, 7) is 5.74. The van der Waals surface area contributed by atoms with Gasteiger partial charge in [-0.25, -0.2) is 0 Å². The lowest BCUT2D eigenvalue weighted by Crippen LogP contribution is -2.50. The van der Waals surface area contributed by atoms with Crippen molar-refractivity contribution in [1.29, 1.82) is 0 Å². The molecule has 0 bridgehead atoms. The van der Waals surface area contributed by atoms with Crippen molar-refractivity contribution in [3.63, 3.8) is 0 Å². The van der Waals surface area contributed by atoms with Crippen molar-refractivity contribution in [2.45, 2.75) is 31.5 Å². The standard InChI is InChI=1S/C20H32N4OS/c1-21-20(22-10-6-7-13-26-2)24-15-18-19(16-24)25-12-11-23(18)14-17-8-4-3-5-9-17/h3-5,8-9,18-19H,6-7,10-16H2,1-2H3,(H,21,22). The van der Waals surface area contributed by atoms with Gasteiger partial charge in [0.1, 0.15) is 0 Å². The van der Waals surface area contributed by atoms with Crippen LogP contribution in [0, 0.1) is 0 Å². The monoisotopic (exact) mass is 376 g/mol. The molecule has 26 heavy (non-hydrogen) atoms. The summed E-state index contributed by atoms with van der Waals surface area (Å²) in [7, 11) is 1.88. The van der Waals surface area contributed by atoms with E-state index in [0.29, 0.717) is 6.04 Å². The molecule has 0 spiro atoms. The Morgan fingerprint density at radius 2 is 2.12 bits per heavy atom. The number of likely N-dealkylation sites (tertiary alicyclic amines) is 1. The summed E-state index contributed by atoms with van der Waals surface area (Å²) < 4.78 is 6.08. The lowest BCUT2D eigenvalue weighted by molar-refractivity contribution is -0.0502. The molecule has 2 aliphatic heterocycles. The van der Waals surface area contributed by atoms with E-state index in [1.165, 1.54) is 24.2 Å². The van der Waals surface area contributed by atoms with Gasteiger partial charge in [-0.15, -0.1) is 0 Å². The van der Waals surface area contributed by atoms with Gasteiger partial charge < -0.3 is 15.0 Å². The molecule has 5 nitrogen and oxygen atoms in total. The van der Waals surface area contributed by atoms with Crippen LogP contribution in [-0.4, -0.2) is 79.7 Å². The number of morpholine rings is 1. The van der Waals surface area contributed by atoms with Gasteiger partial charge in [0.2, 0.25) is 0 Å². The second-order valence-electron chi connectivity index (χ2n) is 7.01. The summed E-state index contributed by atoms with van der Waals surface area (Å²) in [5.41, 5.74) is 1.38. The highest BCUT2D eigenvalue weighted by Gasteiger charge is 2.41. The molecule has 2 saturated heterocycles. The van der Waals surface area contributed by atoms with Crippen molar-refractivity contribution in [3.05, 3.63) is 35.9 Å². The number of benzene rings is 1. The van der Waals surface area contributed by atoms with Crippen LogP contribution in [0.3, 0.4) is 0 Å². The largest absolute Gasteiger partial charge is 0.373 e. The molecule has 0 saturated carbocycles. The molecule has 2 atom stereocenters. The molecular weight excluding hydrogens is 344 g/mol. The summed E-state index contributed by atoms with van der Waals surface area (Å²) >= 11 is 1.92. The Morgan fingerprint density at radius 3 is 2.88 bits per heavy atom. The van der Waals surface area contributed by atoms with E-state index in [-0.39, 0.29) is 6.10 Å². The minimum Gasteiger partial charge on any atom is -0.373 e. The molecule has 1 aromatic rings. The number of hydrogen-bond donors (Lipinski definition) is 1. The smallest absolute Gasteiger partial charge is 0.193 e. The van der Waals surface area contributed by atoms with E-state index in [1.54, 1.807) is 0 Å². The normalized spacial score (nSPS) is 23.9. The molecule has 0 aliphatic carbocycles. The minimum absolute atomic E-state index is 0.280. The number of unbranched alkanes of at least 4 members (excludes halogenated alkanes) is 1. The zero-order valence-electron chi connectivity index (χ0n) is 16.1. The maximum absolute atomic E-state index is 6.08. The molecule has 0 radical (unpaired) electrons. The first kappa shape index (κ1) is 19.5. The van der Waals surface area contributed by atoms with Crippen LogP contribution >= 0.6 is 11.8 Å². The first-order valence-corrected chi connectivity index (χ1v) is 11.1. The van der Waals surface area contributed by atoms with Crippen LogP contribution in [-0.2, 0) is 11.3 Å². The molecule has 3 rings (SSSR count). The number of hydrogen-bond acceptors (Lipinski definition) is 4. The Labute approximate surface area is 162 Å². The summed E-state index contributed by atoms with van der Waals surface area (Å²) in [6.07, 6.45) is 4.89. The average molecular weight is 377 g/mol. The maximum atomic E-state index is 6.08. The Kier molecular flexibility index (Phi) is 7.65. The number of rotatable bonds is 7. The van der Waals surface area contributed by atoms with Gasteiger partial charge in [0.25, 0.3) is 0 Å². The first-order valence-electron chi connectivity index (χ1n) is 9.66. The summed E-state index contributed by atoms with van der Waals surface area (Å²) in [6, 6.07) is 11.2. The zero-order valence-corrected chi connectivity index (χ0v) is 16.9. The van der Waals surface area contributed by atoms with E-state index >= 15 is 0 Å². The van der Waals surface area contributed by atoms with E-state index in [2.05, 4.69) is 56.7 Å². The lowest BCUT2D eigenvalue weighted by Gasteiger charge is -2.36. The van der Waals surface area contributed by atoms with Gasteiger partial charge in [0.15, 0.2) is 5.96 Å². The highest BCUT2D eigenvalue weighted by atomic mass is 32.2. The first-order chi connectivity index (χ1) is 12.8. The quantitative estimate of drug-likeness (QED) is 0.449. The van der Waals surface area contributed by atoms with E-state index in [1.807, 2.05) is 18.8 Å². The third kappa shape index (κ3) is 5.15. The van der Waals surface area contributed by atoms with E-state index in [0.717, 1.165) is 45.3 Å². The molecular formula is C20H32N4OS. The van der Waals surface area contributed by atoms with Crippen molar-refractivity contribution < 1.29 is 4.74 Å². The van der Waals surface area contributed by atoms with Gasteiger partial charge >= 0.3 is 0 Å². The number of fused-ring (bicyclic) bond motifs is 1. The molecule has 144 valence electrons. The van der Waals surface area contributed by atoms with Gasteiger partial charge in [-0.3, -0.25) is 9.89 Å². The third-order valence-corrected chi connectivity index (χ3v) is 5.91. The third-order valence-electron chi connectivity index (χ3n) is 5.21. The van der Waals surface area contributed by atoms with Gasteiger partial charge in [-0.1, -0.05) is 30.3 Å². The SMILES string of the molecule is CN=C(NCCCCSC)N1CC2OCCN(Cc3ccccc3)C2C1. The predicted molar refractivity (Wildman–Crippen MR) is 111 cm³/mol. The number of aliphatic imine (C=N–C) groups is 1. The molecule has 1 N–H and O–H groups in total. The van der Waals surface area contributed by atoms with Crippen LogP contribution in [0.25, 0.3) is 0 Å². The number of nitrogens with zero attached hydrogens (tertiary/aromatic N) is 3. The molecule has 2 aliphatic rings. The summed E-state index contributed by atoms with van der Waals surface area (Å²) in [4.78, 5) is 9.45. The molecule has 0 amide bonds. The lowest BCUT2D eigenvalue weighted by atomic mass is 10.1. The van der Waals surface area contributed by atoms with E-state index in [4.69, 9.17) is 4.74 Å². The van der Waals surface area contributed by atoms with Crippen LogP contribution in [0.2, 0.25) is 0 Å². The molecule has 2 fully saturated rings. The Balaban J connectivity index is 1.54. The second-order valence-corrected chi connectivity index (χ2v) is 8.00. The Bertz CT molecular complexity index is 568. The summed E-state index contributed by atoms with van der Waals surface area (Å²) in [5, 5.41) is 3.54. The van der Waals surface area contributed by atoms with E-state index in [9.17, 15) is 0 Å². The van der Waals surface area contributed by atoms with E-state index < -0.39 is 0 Å². The number of nitrogens with one attached hydrogen (secondary N) is 1. The predicted octanol–water partition coefficient (Wildman–Crippen LogP) is 2.29. The van der Waals surface area contributed by atoms with Crippen LogP contribution in [0.1, 0.15) is 18.4 Å². The molecule has 1 aromatic carbocycles. The fourth-order valence-electron chi connectivity index (χ4n) is 3.85. The fourth-order valence-corrected chi connectivity index (χ4v) is 4.34. The van der Waals surface area contributed by atoms with Crippen LogP contribution < -0.4 is 5.32 Å². The van der Waals surface area contributed by atoms with Crippen LogP contribution in [0.5, 0.6) is 0 Å². The van der Waals surface area contributed by atoms with Crippen molar-refractivity contribution in [2.24, 2.45) is 4.99 Å². The minimum atomic E-state index is 0.280. The molecule has 0 aromatic heterocycles. The fraction of sp³-hybridized carbons (Fsp3) is 0.650. The highest BCUT2D eigenvalue weighted by Crippen LogP contribution is 2.24. The van der Waals surface area contributed by atoms with Crippen molar-refractivity contribution >= 4 is 17.7 Å². The van der Waals surface area contributed by atoms with Gasteiger partial charge in [0, 0.05) is 39.8 Å². The number of ether oxygens (including phenoxy) is 1. The van der Waals surface area contributed by atoms with Gasteiger partial charge in [0.05, 0.1) is 18.8 Å².